The molecule has 0 atom stereocenters. The molecule has 1 N–H and O–H groups in total. The molecule has 0 aromatic carbocycles. The van der Waals surface area contributed by atoms with Gasteiger partial charge in [0.1, 0.15) is 0 Å². The number of urea groups is 1. The summed E-state index contributed by atoms with van der Waals surface area (Å²) in [6.45, 7) is 6.63. The Hall–Kier alpha value is -1.07. The SMILES string of the molecule is CCNC(=O)N1CC(N2CCc3sccc3C2)C1. The predicted octanol–water partition coefficient (Wildman–Crippen LogP) is 1.52. The van der Waals surface area contributed by atoms with Crippen LogP contribution >= 0.6 is 11.3 Å². The molecule has 0 aliphatic carbocycles. The highest BCUT2D eigenvalue weighted by Gasteiger charge is 2.35. The van der Waals surface area contributed by atoms with Crippen LogP contribution in [0.5, 0.6) is 0 Å². The number of likely N-dealkylation sites (tertiary alicyclic amines) is 1. The molecule has 2 aliphatic rings. The van der Waals surface area contributed by atoms with Crippen LogP contribution in [-0.4, -0.2) is 48.1 Å². The number of carbonyl (C=O) groups is 1. The summed E-state index contributed by atoms with van der Waals surface area (Å²) in [5, 5.41) is 5.04. The molecule has 2 amide bonds. The molecule has 0 radical (unpaired) electrons. The smallest absolute Gasteiger partial charge is 0.317 e. The lowest BCUT2D eigenvalue weighted by Crippen LogP contribution is -2.63. The monoisotopic (exact) mass is 265 g/mol. The van der Waals surface area contributed by atoms with E-state index in [-0.39, 0.29) is 6.03 Å². The Bertz CT molecular complexity index is 439. The second kappa shape index (κ2) is 4.90. The van der Waals surface area contributed by atoms with Crippen molar-refractivity contribution in [3.8, 4) is 0 Å². The van der Waals surface area contributed by atoms with Gasteiger partial charge in [0.05, 0.1) is 0 Å². The topological polar surface area (TPSA) is 35.6 Å². The first-order chi connectivity index (χ1) is 8.78. The fraction of sp³-hybridized carbons (Fsp3) is 0.615. The van der Waals surface area contributed by atoms with Crippen molar-refractivity contribution < 1.29 is 4.79 Å². The Morgan fingerprint density at radius 3 is 3.17 bits per heavy atom. The van der Waals surface area contributed by atoms with Crippen LogP contribution in [0.3, 0.4) is 0 Å². The maximum atomic E-state index is 11.6. The van der Waals surface area contributed by atoms with Gasteiger partial charge in [0.15, 0.2) is 0 Å². The summed E-state index contributed by atoms with van der Waals surface area (Å²) >= 11 is 1.88. The van der Waals surface area contributed by atoms with Crippen molar-refractivity contribution in [3.05, 3.63) is 21.9 Å². The van der Waals surface area contributed by atoms with Gasteiger partial charge in [-0.25, -0.2) is 4.79 Å². The molecule has 98 valence electrons. The number of hydrogen-bond acceptors (Lipinski definition) is 3. The second-order valence-corrected chi connectivity index (χ2v) is 5.98. The van der Waals surface area contributed by atoms with Gasteiger partial charge in [-0.1, -0.05) is 0 Å². The fourth-order valence-corrected chi connectivity index (χ4v) is 3.59. The molecule has 2 aliphatic heterocycles. The zero-order chi connectivity index (χ0) is 12.5. The van der Waals surface area contributed by atoms with Gasteiger partial charge in [0, 0.05) is 43.6 Å². The van der Waals surface area contributed by atoms with Gasteiger partial charge >= 0.3 is 6.03 Å². The standard InChI is InChI=1S/C13H19N3OS/c1-2-14-13(17)16-8-11(9-16)15-5-3-12-10(7-15)4-6-18-12/h4,6,11H,2-3,5,7-9H2,1H3,(H,14,17). The summed E-state index contributed by atoms with van der Waals surface area (Å²) in [5.74, 6) is 0. The molecule has 1 aromatic rings. The van der Waals surface area contributed by atoms with Crippen LogP contribution in [0.1, 0.15) is 17.4 Å². The van der Waals surface area contributed by atoms with E-state index in [2.05, 4.69) is 21.7 Å². The molecule has 5 heteroatoms. The molecule has 0 spiro atoms. The first-order valence-corrected chi connectivity index (χ1v) is 7.48. The van der Waals surface area contributed by atoms with E-state index in [1.54, 1.807) is 4.88 Å². The molecule has 0 unspecified atom stereocenters. The highest BCUT2D eigenvalue weighted by molar-refractivity contribution is 7.10. The summed E-state index contributed by atoms with van der Waals surface area (Å²) in [5.41, 5.74) is 1.49. The van der Waals surface area contributed by atoms with E-state index in [4.69, 9.17) is 0 Å². The Balaban J connectivity index is 1.53. The van der Waals surface area contributed by atoms with Crippen molar-refractivity contribution in [3.63, 3.8) is 0 Å². The van der Waals surface area contributed by atoms with Gasteiger partial charge in [-0.3, -0.25) is 4.90 Å². The van der Waals surface area contributed by atoms with Gasteiger partial charge in [0.25, 0.3) is 0 Å². The predicted molar refractivity (Wildman–Crippen MR) is 72.9 cm³/mol. The number of amides is 2. The third-order valence-corrected chi connectivity index (χ3v) is 4.85. The average molecular weight is 265 g/mol. The number of fused-ring (bicyclic) bond motifs is 1. The molecule has 18 heavy (non-hydrogen) atoms. The largest absolute Gasteiger partial charge is 0.338 e. The highest BCUT2D eigenvalue weighted by Crippen LogP contribution is 2.27. The molecule has 3 heterocycles. The van der Waals surface area contributed by atoms with Crippen molar-refractivity contribution in [2.45, 2.75) is 25.9 Å². The summed E-state index contributed by atoms with van der Waals surface area (Å²) in [6.07, 6.45) is 1.17. The van der Waals surface area contributed by atoms with Crippen molar-refractivity contribution in [2.24, 2.45) is 0 Å². The minimum absolute atomic E-state index is 0.0852. The van der Waals surface area contributed by atoms with Gasteiger partial charge in [-0.15, -0.1) is 11.3 Å². The molecule has 1 saturated heterocycles. The normalized spacial score (nSPS) is 20.4. The third kappa shape index (κ3) is 2.12. The minimum Gasteiger partial charge on any atom is -0.338 e. The van der Waals surface area contributed by atoms with Crippen LogP contribution in [0.2, 0.25) is 0 Å². The molecule has 0 bridgehead atoms. The summed E-state index contributed by atoms with van der Waals surface area (Å²) in [6, 6.07) is 2.88. The van der Waals surface area contributed by atoms with E-state index < -0.39 is 0 Å². The molecular formula is C13H19N3OS. The van der Waals surface area contributed by atoms with Gasteiger partial charge in [-0.05, 0) is 30.4 Å². The molecule has 1 aromatic heterocycles. The maximum Gasteiger partial charge on any atom is 0.317 e. The van der Waals surface area contributed by atoms with Crippen molar-refractivity contribution in [1.29, 1.82) is 0 Å². The van der Waals surface area contributed by atoms with Crippen LogP contribution < -0.4 is 5.32 Å². The lowest BCUT2D eigenvalue weighted by atomic mass is 10.0. The zero-order valence-corrected chi connectivity index (χ0v) is 11.5. The Morgan fingerprint density at radius 1 is 1.56 bits per heavy atom. The van der Waals surface area contributed by atoms with E-state index >= 15 is 0 Å². The van der Waals surface area contributed by atoms with Crippen LogP contribution in [0.4, 0.5) is 4.79 Å². The van der Waals surface area contributed by atoms with Gasteiger partial charge in [0.2, 0.25) is 0 Å². The summed E-state index contributed by atoms with van der Waals surface area (Å²) in [7, 11) is 0. The van der Waals surface area contributed by atoms with E-state index in [9.17, 15) is 4.79 Å². The minimum atomic E-state index is 0.0852. The van der Waals surface area contributed by atoms with Crippen molar-refractivity contribution in [2.75, 3.05) is 26.2 Å². The molecule has 3 rings (SSSR count). The second-order valence-electron chi connectivity index (χ2n) is 4.98. The Labute approximate surface area is 112 Å². The number of nitrogens with one attached hydrogen (secondary N) is 1. The van der Waals surface area contributed by atoms with Crippen LogP contribution in [-0.2, 0) is 13.0 Å². The van der Waals surface area contributed by atoms with Crippen molar-refractivity contribution >= 4 is 17.4 Å². The number of nitrogens with zero attached hydrogens (tertiary/aromatic N) is 2. The quantitative estimate of drug-likeness (QED) is 0.880. The van der Waals surface area contributed by atoms with Gasteiger partial charge in [-0.2, -0.15) is 0 Å². The zero-order valence-electron chi connectivity index (χ0n) is 10.7. The molecule has 4 nitrogen and oxygen atoms in total. The molecular weight excluding hydrogens is 246 g/mol. The van der Waals surface area contributed by atoms with E-state index in [1.807, 2.05) is 23.2 Å². The van der Waals surface area contributed by atoms with E-state index in [0.29, 0.717) is 12.6 Å². The molecule has 1 fully saturated rings. The first-order valence-electron chi connectivity index (χ1n) is 6.60. The highest BCUT2D eigenvalue weighted by atomic mass is 32.1. The number of carbonyl (C=O) groups excluding carboxylic acids is 1. The summed E-state index contributed by atoms with van der Waals surface area (Å²) in [4.78, 5) is 17.6. The number of rotatable bonds is 2. The maximum absolute atomic E-state index is 11.6. The summed E-state index contributed by atoms with van der Waals surface area (Å²) < 4.78 is 0. The van der Waals surface area contributed by atoms with E-state index in [0.717, 1.165) is 26.2 Å². The average Bonchev–Trinajstić information content (AvgIpc) is 2.74. The lowest BCUT2D eigenvalue weighted by molar-refractivity contribution is 0.0490. The third-order valence-electron chi connectivity index (χ3n) is 3.83. The first kappa shape index (κ1) is 12.0. The fourth-order valence-electron chi connectivity index (χ4n) is 2.70. The lowest BCUT2D eigenvalue weighted by Gasteiger charge is -2.46. The van der Waals surface area contributed by atoms with E-state index in [1.165, 1.54) is 12.0 Å². The molecule has 0 saturated carbocycles. The number of thiophene rings is 1. The van der Waals surface area contributed by atoms with Gasteiger partial charge < -0.3 is 10.2 Å². The van der Waals surface area contributed by atoms with Crippen LogP contribution in [0.25, 0.3) is 0 Å². The van der Waals surface area contributed by atoms with Crippen LogP contribution in [0.15, 0.2) is 11.4 Å². The van der Waals surface area contributed by atoms with Crippen LogP contribution in [0, 0.1) is 0 Å². The Kier molecular flexibility index (Phi) is 3.26. The number of hydrogen-bond donors (Lipinski definition) is 1. The van der Waals surface area contributed by atoms with Crippen molar-refractivity contribution in [1.82, 2.24) is 15.1 Å². The Morgan fingerprint density at radius 2 is 2.39 bits per heavy atom.